The molecule has 0 aliphatic rings. The van der Waals surface area contributed by atoms with Crippen LogP contribution in [-0.4, -0.2) is 15.1 Å². The average Bonchev–Trinajstić information content (AvgIpc) is 2.32. The summed E-state index contributed by atoms with van der Waals surface area (Å²) < 4.78 is 0. The number of nitrogens with zero attached hydrogens (tertiary/aromatic N) is 3. The lowest BCUT2D eigenvalue weighted by Crippen LogP contribution is -2.09. The Morgan fingerprint density at radius 1 is 1.45 bits per heavy atom. The fourth-order valence-electron chi connectivity index (χ4n) is 1.05. The van der Waals surface area contributed by atoms with Gasteiger partial charge in [-0.25, -0.2) is 0 Å². The largest absolute Gasteiger partial charge is 0.321 e. The van der Waals surface area contributed by atoms with Gasteiger partial charge in [0, 0.05) is 0 Å². The zero-order valence-electron chi connectivity index (χ0n) is 6.15. The van der Waals surface area contributed by atoms with Crippen molar-refractivity contribution >= 4 is 11.0 Å². The molecule has 0 unspecified atom stereocenters. The van der Waals surface area contributed by atoms with Gasteiger partial charge in [-0.1, -0.05) is 6.07 Å². The van der Waals surface area contributed by atoms with Crippen molar-refractivity contribution in [2.24, 2.45) is 0 Å². The van der Waals surface area contributed by atoms with Crippen LogP contribution in [0.3, 0.4) is 0 Å². The van der Waals surface area contributed by atoms with Crippen molar-refractivity contribution in [3.05, 3.63) is 23.8 Å². The summed E-state index contributed by atoms with van der Waals surface area (Å²) in [4.78, 5) is 1.27. The van der Waals surface area contributed by atoms with Gasteiger partial charge < -0.3 is 5.84 Å². The minimum atomic E-state index is 0.840. The summed E-state index contributed by atoms with van der Waals surface area (Å²) in [6, 6.07) is 5.84. The van der Waals surface area contributed by atoms with Crippen molar-refractivity contribution in [2.75, 3.05) is 5.84 Å². The van der Waals surface area contributed by atoms with Gasteiger partial charge in [0.2, 0.25) is 0 Å². The van der Waals surface area contributed by atoms with Crippen LogP contribution in [0.1, 0.15) is 5.56 Å². The zero-order chi connectivity index (χ0) is 7.84. The highest BCUT2D eigenvalue weighted by Crippen LogP contribution is 2.09. The standard InChI is InChI=1S/C7H8N4/c1-5-2-3-7-6(4-5)9-10-11(7)8/h2-4H,8H2,1H3. The third-order valence-corrected chi connectivity index (χ3v) is 1.63. The van der Waals surface area contributed by atoms with E-state index in [0.29, 0.717) is 0 Å². The maximum absolute atomic E-state index is 5.47. The molecule has 4 heteroatoms. The van der Waals surface area contributed by atoms with E-state index in [-0.39, 0.29) is 0 Å². The van der Waals surface area contributed by atoms with Crippen molar-refractivity contribution in [1.82, 2.24) is 15.1 Å². The zero-order valence-corrected chi connectivity index (χ0v) is 6.15. The molecule has 0 saturated carbocycles. The molecule has 0 amide bonds. The summed E-state index contributed by atoms with van der Waals surface area (Å²) >= 11 is 0. The molecule has 0 aliphatic heterocycles. The highest BCUT2D eigenvalue weighted by atomic mass is 15.6. The van der Waals surface area contributed by atoms with Crippen LogP contribution in [0, 0.1) is 6.92 Å². The van der Waals surface area contributed by atoms with Crippen LogP contribution >= 0.6 is 0 Å². The van der Waals surface area contributed by atoms with Crippen molar-refractivity contribution in [2.45, 2.75) is 6.92 Å². The number of nitrogen functional groups attached to an aromatic ring is 1. The van der Waals surface area contributed by atoms with Gasteiger partial charge in [-0.2, -0.15) is 4.79 Å². The Labute approximate surface area is 63.6 Å². The summed E-state index contributed by atoms with van der Waals surface area (Å²) in [6.45, 7) is 2.01. The lowest BCUT2D eigenvalue weighted by Gasteiger charge is -1.91. The van der Waals surface area contributed by atoms with Crippen LogP contribution < -0.4 is 5.84 Å². The Bertz CT molecular complexity index is 390. The number of hydrogen-bond donors (Lipinski definition) is 1. The molecule has 0 atom stereocenters. The molecule has 0 aliphatic carbocycles. The molecule has 1 heterocycles. The third-order valence-electron chi connectivity index (χ3n) is 1.63. The van der Waals surface area contributed by atoms with Gasteiger partial charge in [0.1, 0.15) is 11.0 Å². The quantitative estimate of drug-likeness (QED) is 0.552. The second-order valence-corrected chi connectivity index (χ2v) is 2.53. The first-order valence-corrected chi connectivity index (χ1v) is 3.34. The Hall–Kier alpha value is -1.58. The van der Waals surface area contributed by atoms with E-state index in [4.69, 9.17) is 5.84 Å². The van der Waals surface area contributed by atoms with Crippen LogP contribution in [0.2, 0.25) is 0 Å². The lowest BCUT2D eigenvalue weighted by molar-refractivity contribution is 0.787. The predicted octanol–water partition coefficient (Wildman–Crippen LogP) is 0.454. The SMILES string of the molecule is Cc1ccc2c(c1)nnn2N. The number of aryl methyl sites for hydroxylation is 1. The number of fused-ring (bicyclic) bond motifs is 1. The van der Waals surface area contributed by atoms with Crippen LogP contribution in [0.25, 0.3) is 11.0 Å². The van der Waals surface area contributed by atoms with Crippen LogP contribution in [0.5, 0.6) is 0 Å². The molecule has 2 aromatic rings. The number of rotatable bonds is 0. The minimum Gasteiger partial charge on any atom is -0.321 e. The summed E-state index contributed by atoms with van der Waals surface area (Å²) in [7, 11) is 0. The Kier molecular flexibility index (Phi) is 1.09. The molecule has 0 saturated heterocycles. The van der Waals surface area contributed by atoms with Gasteiger partial charge >= 0.3 is 0 Å². The molecule has 0 spiro atoms. The van der Waals surface area contributed by atoms with E-state index >= 15 is 0 Å². The van der Waals surface area contributed by atoms with E-state index in [1.807, 2.05) is 25.1 Å². The van der Waals surface area contributed by atoms with Crippen LogP contribution in [-0.2, 0) is 0 Å². The maximum atomic E-state index is 5.47. The lowest BCUT2D eigenvalue weighted by atomic mass is 10.2. The average molecular weight is 148 g/mol. The van der Waals surface area contributed by atoms with Crippen LogP contribution in [0.4, 0.5) is 0 Å². The van der Waals surface area contributed by atoms with Gasteiger partial charge in [0.25, 0.3) is 0 Å². The monoisotopic (exact) mass is 148 g/mol. The first-order chi connectivity index (χ1) is 5.27. The van der Waals surface area contributed by atoms with E-state index in [1.54, 1.807) is 0 Å². The maximum Gasteiger partial charge on any atom is 0.115 e. The summed E-state index contributed by atoms with van der Waals surface area (Å²) in [5, 5.41) is 7.55. The summed E-state index contributed by atoms with van der Waals surface area (Å²) in [6.07, 6.45) is 0. The first kappa shape index (κ1) is 6.15. The van der Waals surface area contributed by atoms with Crippen molar-refractivity contribution in [3.63, 3.8) is 0 Å². The molecule has 4 nitrogen and oxygen atoms in total. The summed E-state index contributed by atoms with van der Waals surface area (Å²) in [5.74, 6) is 5.47. The molecule has 2 N–H and O–H groups in total. The van der Waals surface area contributed by atoms with Gasteiger partial charge in [-0.15, -0.1) is 5.10 Å². The third kappa shape index (κ3) is 0.832. The van der Waals surface area contributed by atoms with Gasteiger partial charge in [0.15, 0.2) is 0 Å². The van der Waals surface area contributed by atoms with Gasteiger partial charge in [0.05, 0.1) is 0 Å². The number of nitrogens with two attached hydrogens (primary N) is 1. The molecular formula is C7H8N4. The van der Waals surface area contributed by atoms with E-state index in [9.17, 15) is 0 Å². The highest BCUT2D eigenvalue weighted by Gasteiger charge is 1.99. The fourth-order valence-corrected chi connectivity index (χ4v) is 1.05. The topological polar surface area (TPSA) is 56.7 Å². The summed E-state index contributed by atoms with van der Waals surface area (Å²) in [5.41, 5.74) is 2.86. The van der Waals surface area contributed by atoms with Crippen molar-refractivity contribution in [3.8, 4) is 0 Å². The Morgan fingerprint density at radius 3 is 3.09 bits per heavy atom. The van der Waals surface area contributed by atoms with Gasteiger partial charge in [-0.3, -0.25) is 0 Å². The van der Waals surface area contributed by atoms with E-state index < -0.39 is 0 Å². The van der Waals surface area contributed by atoms with E-state index in [1.165, 1.54) is 4.79 Å². The molecule has 0 radical (unpaired) electrons. The fraction of sp³-hybridized carbons (Fsp3) is 0.143. The molecule has 1 aromatic carbocycles. The number of benzene rings is 1. The first-order valence-electron chi connectivity index (χ1n) is 3.34. The highest BCUT2D eigenvalue weighted by molar-refractivity contribution is 5.74. The van der Waals surface area contributed by atoms with Gasteiger partial charge in [-0.05, 0) is 29.8 Å². The normalized spacial score (nSPS) is 10.6. The Morgan fingerprint density at radius 2 is 2.27 bits per heavy atom. The van der Waals surface area contributed by atoms with E-state index in [0.717, 1.165) is 16.6 Å². The number of hydrogen-bond acceptors (Lipinski definition) is 3. The molecular weight excluding hydrogens is 140 g/mol. The molecule has 11 heavy (non-hydrogen) atoms. The molecule has 0 bridgehead atoms. The minimum absolute atomic E-state index is 0.840. The Balaban J connectivity index is 2.86. The van der Waals surface area contributed by atoms with Crippen LogP contribution in [0.15, 0.2) is 18.2 Å². The number of aromatic nitrogens is 3. The molecule has 0 fully saturated rings. The molecule has 1 aromatic heterocycles. The molecule has 56 valence electrons. The molecule has 2 rings (SSSR count). The van der Waals surface area contributed by atoms with Crippen molar-refractivity contribution in [1.29, 1.82) is 0 Å². The van der Waals surface area contributed by atoms with E-state index in [2.05, 4.69) is 10.3 Å². The second-order valence-electron chi connectivity index (χ2n) is 2.53. The van der Waals surface area contributed by atoms with Crippen molar-refractivity contribution < 1.29 is 0 Å². The second kappa shape index (κ2) is 1.95. The predicted molar refractivity (Wildman–Crippen MR) is 42.4 cm³/mol. The smallest absolute Gasteiger partial charge is 0.115 e.